The van der Waals surface area contributed by atoms with Gasteiger partial charge in [0.15, 0.2) is 5.82 Å². The van der Waals surface area contributed by atoms with E-state index in [0.717, 1.165) is 11.1 Å². The van der Waals surface area contributed by atoms with Gasteiger partial charge in [-0.15, -0.1) is 5.10 Å². The molecule has 10 heteroatoms. The second-order valence-corrected chi connectivity index (χ2v) is 7.59. The van der Waals surface area contributed by atoms with Crippen LogP contribution in [0, 0.1) is 0 Å². The van der Waals surface area contributed by atoms with Crippen molar-refractivity contribution in [1.82, 2.24) is 25.5 Å². The number of rotatable bonds is 6. The number of hydrogen-bond acceptors (Lipinski definition) is 6. The molecular formula is C24H23N7O3. The Kier molecular flexibility index (Phi) is 6.49. The van der Waals surface area contributed by atoms with E-state index in [4.69, 9.17) is 4.74 Å². The summed E-state index contributed by atoms with van der Waals surface area (Å²) >= 11 is 0. The first kappa shape index (κ1) is 22.5. The summed E-state index contributed by atoms with van der Waals surface area (Å²) in [4.78, 5) is 26.3. The van der Waals surface area contributed by atoms with Gasteiger partial charge >= 0.3 is 6.03 Å². The topological polar surface area (TPSA) is 125 Å². The Labute approximate surface area is 195 Å². The maximum Gasteiger partial charge on any atom is 0.323 e. The molecule has 1 heterocycles. The molecule has 0 aliphatic carbocycles. The molecule has 1 aromatic heterocycles. The summed E-state index contributed by atoms with van der Waals surface area (Å²) in [6, 6.07) is 19.4. The first-order valence-electron chi connectivity index (χ1n) is 10.4. The molecule has 0 spiro atoms. The number of benzene rings is 3. The molecule has 0 unspecified atom stereocenters. The van der Waals surface area contributed by atoms with Crippen LogP contribution in [-0.4, -0.2) is 58.7 Å². The summed E-state index contributed by atoms with van der Waals surface area (Å²) in [6.07, 6.45) is 0. The van der Waals surface area contributed by atoms with E-state index in [0.29, 0.717) is 34.1 Å². The summed E-state index contributed by atoms with van der Waals surface area (Å²) in [7, 11) is 5.01. The van der Waals surface area contributed by atoms with Crippen molar-refractivity contribution in [1.29, 1.82) is 0 Å². The van der Waals surface area contributed by atoms with Crippen LogP contribution in [0.2, 0.25) is 0 Å². The van der Waals surface area contributed by atoms with Crippen LogP contribution in [0.5, 0.6) is 5.75 Å². The summed E-state index contributed by atoms with van der Waals surface area (Å²) in [5, 5.41) is 19.7. The lowest BCUT2D eigenvalue weighted by molar-refractivity contribution is 0.0827. The predicted octanol–water partition coefficient (Wildman–Crippen LogP) is 3.89. The van der Waals surface area contributed by atoms with E-state index in [1.54, 1.807) is 63.7 Å². The van der Waals surface area contributed by atoms with Gasteiger partial charge in [0.05, 0.1) is 12.8 Å². The molecule has 0 aliphatic rings. The standard InChI is InChI=1S/C24H23N7O3/c1-31(2)23(32)16-6-4-15(5-7-16)17-8-13-21(20(14-17)22-27-29-30-28-22)26-24(33)25-18-9-11-19(34-3)12-10-18/h4-14H,1-3H3,(H2,25,26,33)(H,27,28,29,30). The molecule has 10 nitrogen and oxygen atoms in total. The quantitative estimate of drug-likeness (QED) is 0.403. The number of amides is 3. The normalized spacial score (nSPS) is 10.4. The van der Waals surface area contributed by atoms with Gasteiger partial charge < -0.3 is 20.3 Å². The van der Waals surface area contributed by atoms with Crippen molar-refractivity contribution in [3.63, 3.8) is 0 Å². The zero-order chi connectivity index (χ0) is 24.1. The van der Waals surface area contributed by atoms with Gasteiger partial charge in [-0.05, 0) is 70.1 Å². The molecule has 0 aliphatic heterocycles. The number of ether oxygens (including phenoxy) is 1. The van der Waals surface area contributed by atoms with Crippen LogP contribution in [0.25, 0.3) is 22.5 Å². The van der Waals surface area contributed by atoms with Gasteiger partial charge in [-0.1, -0.05) is 18.2 Å². The van der Waals surface area contributed by atoms with Gasteiger partial charge in [0, 0.05) is 30.9 Å². The highest BCUT2D eigenvalue weighted by Gasteiger charge is 2.14. The Morgan fingerprint density at radius 3 is 2.24 bits per heavy atom. The number of H-pyrrole nitrogens is 1. The van der Waals surface area contributed by atoms with Crippen LogP contribution in [0.15, 0.2) is 66.7 Å². The van der Waals surface area contributed by atoms with Crippen LogP contribution >= 0.6 is 0 Å². The maximum absolute atomic E-state index is 12.6. The van der Waals surface area contributed by atoms with Crippen LogP contribution in [0.1, 0.15) is 10.4 Å². The third-order valence-electron chi connectivity index (χ3n) is 5.09. The molecule has 3 N–H and O–H groups in total. The Morgan fingerprint density at radius 1 is 0.912 bits per heavy atom. The summed E-state index contributed by atoms with van der Waals surface area (Å²) in [5.41, 5.74) is 4.12. The number of methoxy groups -OCH3 is 1. The molecule has 0 fully saturated rings. The van der Waals surface area contributed by atoms with Gasteiger partial charge in [0.25, 0.3) is 5.91 Å². The summed E-state index contributed by atoms with van der Waals surface area (Å²) in [6.45, 7) is 0. The zero-order valence-corrected chi connectivity index (χ0v) is 18.9. The molecule has 3 amide bonds. The second-order valence-electron chi connectivity index (χ2n) is 7.59. The van der Waals surface area contributed by atoms with Crippen molar-refractivity contribution < 1.29 is 14.3 Å². The number of nitrogens with one attached hydrogen (secondary N) is 3. The highest BCUT2D eigenvalue weighted by Crippen LogP contribution is 2.31. The highest BCUT2D eigenvalue weighted by atomic mass is 16.5. The molecule has 0 saturated carbocycles. The number of anilines is 2. The van der Waals surface area contributed by atoms with Crippen molar-refractivity contribution >= 4 is 23.3 Å². The van der Waals surface area contributed by atoms with E-state index >= 15 is 0 Å². The van der Waals surface area contributed by atoms with Crippen molar-refractivity contribution in [2.24, 2.45) is 0 Å². The molecule has 0 atom stereocenters. The fraction of sp³-hybridized carbons (Fsp3) is 0.125. The fourth-order valence-corrected chi connectivity index (χ4v) is 3.32. The number of carbonyl (C=O) groups excluding carboxylic acids is 2. The summed E-state index contributed by atoms with van der Waals surface area (Å²) in [5.74, 6) is 1.03. The highest BCUT2D eigenvalue weighted by molar-refractivity contribution is 6.02. The van der Waals surface area contributed by atoms with Crippen molar-refractivity contribution in [3.8, 4) is 28.3 Å². The number of hydrogen-bond donors (Lipinski definition) is 3. The van der Waals surface area contributed by atoms with E-state index in [9.17, 15) is 9.59 Å². The third kappa shape index (κ3) is 5.01. The van der Waals surface area contributed by atoms with Crippen LogP contribution in [0.4, 0.5) is 16.2 Å². The molecule has 0 bridgehead atoms. The number of tetrazole rings is 1. The fourth-order valence-electron chi connectivity index (χ4n) is 3.32. The van der Waals surface area contributed by atoms with E-state index < -0.39 is 6.03 Å². The predicted molar refractivity (Wildman–Crippen MR) is 129 cm³/mol. The first-order valence-corrected chi connectivity index (χ1v) is 10.4. The molecule has 34 heavy (non-hydrogen) atoms. The Balaban J connectivity index is 1.58. The van der Waals surface area contributed by atoms with Crippen molar-refractivity contribution in [2.75, 3.05) is 31.8 Å². The van der Waals surface area contributed by atoms with Crippen LogP contribution in [-0.2, 0) is 0 Å². The molecule has 4 rings (SSSR count). The zero-order valence-electron chi connectivity index (χ0n) is 18.9. The van der Waals surface area contributed by atoms with Gasteiger partial charge in [-0.3, -0.25) is 4.79 Å². The summed E-state index contributed by atoms with van der Waals surface area (Å²) < 4.78 is 5.13. The minimum absolute atomic E-state index is 0.0672. The monoisotopic (exact) mass is 457 g/mol. The minimum atomic E-state index is -0.418. The number of aromatic amines is 1. The van der Waals surface area contributed by atoms with Crippen molar-refractivity contribution in [3.05, 3.63) is 72.3 Å². The molecule has 172 valence electrons. The number of aromatic nitrogens is 4. The number of nitrogens with zero attached hydrogens (tertiary/aromatic N) is 4. The smallest absolute Gasteiger partial charge is 0.323 e. The largest absolute Gasteiger partial charge is 0.497 e. The molecule has 0 saturated heterocycles. The number of carbonyl (C=O) groups is 2. The van der Waals surface area contributed by atoms with Gasteiger partial charge in [-0.2, -0.15) is 0 Å². The average Bonchev–Trinajstić information content (AvgIpc) is 3.39. The first-order chi connectivity index (χ1) is 16.4. The van der Waals surface area contributed by atoms with Gasteiger partial charge in [0.2, 0.25) is 0 Å². The van der Waals surface area contributed by atoms with Crippen molar-refractivity contribution in [2.45, 2.75) is 0 Å². The van der Waals surface area contributed by atoms with E-state index in [2.05, 4.69) is 31.3 Å². The average molecular weight is 457 g/mol. The van der Waals surface area contributed by atoms with Crippen LogP contribution in [0.3, 0.4) is 0 Å². The van der Waals surface area contributed by atoms with E-state index in [-0.39, 0.29) is 5.91 Å². The lowest BCUT2D eigenvalue weighted by Crippen LogP contribution is -2.21. The van der Waals surface area contributed by atoms with Gasteiger partial charge in [-0.25, -0.2) is 9.89 Å². The van der Waals surface area contributed by atoms with E-state index in [1.165, 1.54) is 4.90 Å². The lowest BCUT2D eigenvalue weighted by atomic mass is 10.00. The lowest BCUT2D eigenvalue weighted by Gasteiger charge is -2.13. The second kappa shape index (κ2) is 9.82. The molecule has 0 radical (unpaired) electrons. The molecule has 4 aromatic rings. The minimum Gasteiger partial charge on any atom is -0.497 e. The maximum atomic E-state index is 12.6. The Hall–Kier alpha value is -4.73. The Morgan fingerprint density at radius 2 is 1.62 bits per heavy atom. The van der Waals surface area contributed by atoms with Gasteiger partial charge in [0.1, 0.15) is 5.75 Å². The third-order valence-corrected chi connectivity index (χ3v) is 5.09. The SMILES string of the molecule is COc1ccc(NC(=O)Nc2ccc(-c3ccc(C(=O)N(C)C)cc3)cc2-c2nnn[nH]2)cc1. The Bertz CT molecular complexity index is 1290. The van der Waals surface area contributed by atoms with Crippen LogP contribution < -0.4 is 15.4 Å². The van der Waals surface area contributed by atoms with E-state index in [1.807, 2.05) is 24.3 Å². The number of urea groups is 1. The molecule has 3 aromatic carbocycles. The molecular weight excluding hydrogens is 434 g/mol.